The Hall–Kier alpha value is -3.24. The molecule has 0 fully saturated rings. The lowest BCUT2D eigenvalue weighted by atomic mass is 10.1. The number of hydrogen-bond donors (Lipinski definition) is 1. The number of pyridine rings is 1. The van der Waals surface area contributed by atoms with Gasteiger partial charge in [-0.05, 0) is 36.2 Å². The second-order valence-corrected chi connectivity index (χ2v) is 7.32. The van der Waals surface area contributed by atoms with Crippen LogP contribution in [0.25, 0.3) is 10.9 Å². The second kappa shape index (κ2) is 7.79. The Morgan fingerprint density at radius 2 is 2.11 bits per heavy atom. The van der Waals surface area contributed by atoms with Gasteiger partial charge in [0.15, 0.2) is 11.5 Å². The normalized spacial score (nSPS) is 12.0. The Balaban J connectivity index is 1.40. The zero-order valence-corrected chi connectivity index (χ0v) is 16.0. The number of rotatable bonds is 5. The zero-order valence-electron chi connectivity index (χ0n) is 15.2. The highest BCUT2D eigenvalue weighted by molar-refractivity contribution is 8.00. The molecule has 1 aromatic heterocycles. The molecular formula is C21H17N3O3S. The fourth-order valence-electron chi connectivity index (χ4n) is 2.96. The standard InChI is InChI=1S/C21H17N3O3S/c1-13-3-2-4-15-8-16(9-22)21(24-20(13)15)28-11-19(25)23-10-14-5-6-17-18(7-14)27-12-26-17/h2-8H,10-12H2,1H3,(H,23,25). The summed E-state index contributed by atoms with van der Waals surface area (Å²) in [5.74, 6) is 1.46. The summed E-state index contributed by atoms with van der Waals surface area (Å²) in [5.41, 5.74) is 3.30. The molecule has 3 aromatic rings. The van der Waals surface area contributed by atoms with Crippen molar-refractivity contribution in [3.05, 3.63) is 59.2 Å². The van der Waals surface area contributed by atoms with Crippen molar-refractivity contribution in [3.8, 4) is 17.6 Å². The third-order valence-electron chi connectivity index (χ3n) is 4.40. The number of amides is 1. The van der Waals surface area contributed by atoms with Crippen LogP contribution in [0.1, 0.15) is 16.7 Å². The fourth-order valence-corrected chi connectivity index (χ4v) is 3.74. The Kier molecular flexibility index (Phi) is 5.04. The number of nitrogens with one attached hydrogen (secondary N) is 1. The van der Waals surface area contributed by atoms with Crippen molar-refractivity contribution in [1.82, 2.24) is 10.3 Å². The van der Waals surface area contributed by atoms with Crippen molar-refractivity contribution in [1.29, 1.82) is 5.26 Å². The number of nitriles is 1. The largest absolute Gasteiger partial charge is 0.454 e. The molecule has 1 aliphatic heterocycles. The summed E-state index contributed by atoms with van der Waals surface area (Å²) >= 11 is 1.27. The fraction of sp³-hybridized carbons (Fsp3) is 0.190. The molecule has 0 radical (unpaired) electrons. The molecule has 140 valence electrons. The number of aromatic nitrogens is 1. The number of benzene rings is 2. The summed E-state index contributed by atoms with van der Waals surface area (Å²) in [6.07, 6.45) is 0. The van der Waals surface area contributed by atoms with Gasteiger partial charge in [0.2, 0.25) is 12.7 Å². The average Bonchev–Trinajstić information content (AvgIpc) is 3.18. The number of carbonyl (C=O) groups is 1. The molecule has 2 heterocycles. The number of thioether (sulfide) groups is 1. The van der Waals surface area contributed by atoms with E-state index in [-0.39, 0.29) is 18.5 Å². The molecule has 6 nitrogen and oxygen atoms in total. The van der Waals surface area contributed by atoms with E-state index in [2.05, 4.69) is 16.4 Å². The summed E-state index contributed by atoms with van der Waals surface area (Å²) in [6.45, 7) is 2.60. The van der Waals surface area contributed by atoms with Crippen molar-refractivity contribution < 1.29 is 14.3 Å². The van der Waals surface area contributed by atoms with Crippen LogP contribution in [-0.2, 0) is 11.3 Å². The van der Waals surface area contributed by atoms with E-state index in [1.807, 2.05) is 49.4 Å². The van der Waals surface area contributed by atoms with E-state index in [4.69, 9.17) is 9.47 Å². The number of nitrogens with zero attached hydrogens (tertiary/aromatic N) is 2. The minimum Gasteiger partial charge on any atom is -0.454 e. The van der Waals surface area contributed by atoms with Gasteiger partial charge < -0.3 is 14.8 Å². The molecule has 0 atom stereocenters. The Morgan fingerprint density at radius 3 is 2.96 bits per heavy atom. The van der Waals surface area contributed by atoms with Gasteiger partial charge in [0.05, 0.1) is 16.8 Å². The highest BCUT2D eigenvalue weighted by Gasteiger charge is 2.14. The summed E-state index contributed by atoms with van der Waals surface area (Å²) in [5, 5.41) is 13.8. The van der Waals surface area contributed by atoms with Crippen LogP contribution >= 0.6 is 11.8 Å². The first-order chi connectivity index (χ1) is 13.6. The van der Waals surface area contributed by atoms with Gasteiger partial charge in [0.25, 0.3) is 0 Å². The lowest BCUT2D eigenvalue weighted by molar-refractivity contribution is -0.118. The maximum Gasteiger partial charge on any atom is 0.231 e. The maximum absolute atomic E-state index is 12.3. The smallest absolute Gasteiger partial charge is 0.231 e. The molecular weight excluding hydrogens is 374 g/mol. The molecule has 4 rings (SSSR count). The molecule has 2 aromatic carbocycles. The van der Waals surface area contributed by atoms with Gasteiger partial charge >= 0.3 is 0 Å². The number of carbonyl (C=O) groups excluding carboxylic acids is 1. The van der Waals surface area contributed by atoms with Crippen molar-refractivity contribution in [2.75, 3.05) is 12.5 Å². The third-order valence-corrected chi connectivity index (χ3v) is 5.39. The third kappa shape index (κ3) is 3.73. The van der Waals surface area contributed by atoms with Crippen LogP contribution in [0.2, 0.25) is 0 Å². The lowest BCUT2D eigenvalue weighted by Gasteiger charge is -2.08. The van der Waals surface area contributed by atoms with Crippen LogP contribution in [0.5, 0.6) is 11.5 Å². The quantitative estimate of drug-likeness (QED) is 0.670. The Morgan fingerprint density at radius 1 is 1.25 bits per heavy atom. The Labute approximate surface area is 166 Å². The van der Waals surface area contributed by atoms with Crippen molar-refractivity contribution in [2.24, 2.45) is 0 Å². The first kappa shape index (κ1) is 18.1. The number of aryl methyl sites for hydroxylation is 1. The van der Waals surface area contributed by atoms with Gasteiger partial charge in [-0.15, -0.1) is 0 Å². The molecule has 1 N–H and O–H groups in total. The maximum atomic E-state index is 12.3. The summed E-state index contributed by atoms with van der Waals surface area (Å²) in [6, 6.07) is 15.4. The van der Waals surface area contributed by atoms with Gasteiger partial charge in [0.1, 0.15) is 11.1 Å². The molecule has 1 aliphatic rings. The van der Waals surface area contributed by atoms with Gasteiger partial charge in [0, 0.05) is 11.9 Å². The van der Waals surface area contributed by atoms with Crippen LogP contribution in [0.15, 0.2) is 47.5 Å². The first-order valence-electron chi connectivity index (χ1n) is 8.72. The minimum absolute atomic E-state index is 0.127. The highest BCUT2D eigenvalue weighted by Crippen LogP contribution is 2.32. The highest BCUT2D eigenvalue weighted by atomic mass is 32.2. The Bertz CT molecular complexity index is 1110. The predicted octanol–water partition coefficient (Wildman–Crippen LogP) is 3.55. The van der Waals surface area contributed by atoms with Gasteiger partial charge in [-0.2, -0.15) is 5.26 Å². The molecule has 0 bridgehead atoms. The summed E-state index contributed by atoms with van der Waals surface area (Å²) in [4.78, 5) is 16.9. The molecule has 7 heteroatoms. The van der Waals surface area contributed by atoms with Crippen LogP contribution in [-0.4, -0.2) is 23.4 Å². The zero-order chi connectivity index (χ0) is 19.5. The van der Waals surface area contributed by atoms with E-state index < -0.39 is 0 Å². The average molecular weight is 391 g/mol. The molecule has 1 amide bonds. The number of fused-ring (bicyclic) bond motifs is 2. The second-order valence-electron chi connectivity index (χ2n) is 6.35. The van der Waals surface area contributed by atoms with Crippen LogP contribution in [0.4, 0.5) is 0 Å². The molecule has 0 spiro atoms. The monoisotopic (exact) mass is 391 g/mol. The first-order valence-corrected chi connectivity index (χ1v) is 9.71. The number of para-hydroxylation sites is 1. The predicted molar refractivity (Wildman–Crippen MR) is 106 cm³/mol. The number of ether oxygens (including phenoxy) is 2. The van der Waals surface area contributed by atoms with Crippen LogP contribution in [0.3, 0.4) is 0 Å². The van der Waals surface area contributed by atoms with Crippen LogP contribution in [0, 0.1) is 18.3 Å². The molecule has 0 saturated carbocycles. The number of hydrogen-bond acceptors (Lipinski definition) is 6. The van der Waals surface area contributed by atoms with E-state index in [1.54, 1.807) is 0 Å². The van der Waals surface area contributed by atoms with Crippen molar-refractivity contribution >= 4 is 28.6 Å². The molecule has 28 heavy (non-hydrogen) atoms. The molecule has 0 aliphatic carbocycles. The SMILES string of the molecule is Cc1cccc2cc(C#N)c(SCC(=O)NCc3ccc4c(c3)OCO4)nc12. The van der Waals surface area contributed by atoms with E-state index >= 15 is 0 Å². The van der Waals surface area contributed by atoms with Gasteiger partial charge in [-0.1, -0.05) is 36.0 Å². The molecule has 0 saturated heterocycles. The van der Waals surface area contributed by atoms with E-state index in [1.165, 1.54) is 11.8 Å². The van der Waals surface area contributed by atoms with Crippen molar-refractivity contribution in [3.63, 3.8) is 0 Å². The summed E-state index contributed by atoms with van der Waals surface area (Å²) in [7, 11) is 0. The minimum atomic E-state index is -0.127. The summed E-state index contributed by atoms with van der Waals surface area (Å²) < 4.78 is 10.6. The van der Waals surface area contributed by atoms with Gasteiger partial charge in [-0.3, -0.25) is 4.79 Å². The van der Waals surface area contributed by atoms with Crippen molar-refractivity contribution in [2.45, 2.75) is 18.5 Å². The van der Waals surface area contributed by atoms with Gasteiger partial charge in [-0.25, -0.2) is 4.98 Å². The molecule has 0 unspecified atom stereocenters. The van der Waals surface area contributed by atoms with E-state index in [9.17, 15) is 10.1 Å². The van der Waals surface area contributed by atoms with Crippen LogP contribution < -0.4 is 14.8 Å². The topological polar surface area (TPSA) is 84.2 Å². The lowest BCUT2D eigenvalue weighted by Crippen LogP contribution is -2.24. The van der Waals surface area contributed by atoms with E-state index in [0.29, 0.717) is 28.6 Å². The van der Waals surface area contributed by atoms with E-state index in [0.717, 1.165) is 22.0 Å².